The standard InChI is InChI=1S/C17H28N2/c1-3-11-19(13-15-5-6-15)17(12-18)16-9-7-14(4-2)8-10-16/h7-10,15,17H,3-6,11-13,18H2,1-2H3. The van der Waals surface area contributed by atoms with Gasteiger partial charge in [0.05, 0.1) is 0 Å². The third-order valence-corrected chi connectivity index (χ3v) is 4.14. The lowest BCUT2D eigenvalue weighted by Gasteiger charge is -2.31. The summed E-state index contributed by atoms with van der Waals surface area (Å²) in [5.74, 6) is 0.926. The van der Waals surface area contributed by atoms with Crippen molar-refractivity contribution in [2.75, 3.05) is 19.6 Å². The molecule has 1 fully saturated rings. The van der Waals surface area contributed by atoms with Crippen LogP contribution in [-0.4, -0.2) is 24.5 Å². The molecule has 1 aliphatic carbocycles. The van der Waals surface area contributed by atoms with E-state index in [9.17, 15) is 0 Å². The van der Waals surface area contributed by atoms with Crippen molar-refractivity contribution in [3.8, 4) is 0 Å². The van der Waals surface area contributed by atoms with Crippen molar-refractivity contribution in [3.05, 3.63) is 35.4 Å². The Morgan fingerprint density at radius 1 is 1.21 bits per heavy atom. The molecule has 1 atom stereocenters. The number of nitrogens with two attached hydrogens (primary N) is 1. The highest BCUT2D eigenvalue weighted by Gasteiger charge is 2.27. The lowest BCUT2D eigenvalue weighted by Crippen LogP contribution is -2.36. The zero-order valence-corrected chi connectivity index (χ0v) is 12.4. The Kier molecular flexibility index (Phi) is 5.41. The van der Waals surface area contributed by atoms with E-state index in [0.29, 0.717) is 6.04 Å². The summed E-state index contributed by atoms with van der Waals surface area (Å²) in [6.07, 6.45) is 5.13. The Balaban J connectivity index is 2.09. The molecule has 2 rings (SSSR count). The van der Waals surface area contributed by atoms with Crippen molar-refractivity contribution in [3.63, 3.8) is 0 Å². The SMILES string of the molecule is CCCN(CC1CC1)C(CN)c1ccc(CC)cc1. The molecule has 0 radical (unpaired) electrons. The van der Waals surface area contributed by atoms with E-state index in [1.807, 2.05) is 0 Å². The van der Waals surface area contributed by atoms with Gasteiger partial charge in [0.25, 0.3) is 0 Å². The second-order valence-electron chi connectivity index (χ2n) is 5.78. The maximum atomic E-state index is 6.06. The number of nitrogens with zero attached hydrogens (tertiary/aromatic N) is 1. The van der Waals surface area contributed by atoms with Crippen LogP contribution < -0.4 is 5.73 Å². The van der Waals surface area contributed by atoms with Gasteiger partial charge in [0.15, 0.2) is 0 Å². The number of hydrogen-bond donors (Lipinski definition) is 1. The van der Waals surface area contributed by atoms with E-state index in [4.69, 9.17) is 5.73 Å². The largest absolute Gasteiger partial charge is 0.329 e. The molecule has 19 heavy (non-hydrogen) atoms. The van der Waals surface area contributed by atoms with Gasteiger partial charge in [-0.15, -0.1) is 0 Å². The van der Waals surface area contributed by atoms with Crippen LogP contribution in [0.25, 0.3) is 0 Å². The van der Waals surface area contributed by atoms with Crippen LogP contribution >= 0.6 is 0 Å². The predicted molar refractivity (Wildman–Crippen MR) is 82.2 cm³/mol. The minimum Gasteiger partial charge on any atom is -0.329 e. The maximum absolute atomic E-state index is 6.06. The second kappa shape index (κ2) is 7.06. The van der Waals surface area contributed by atoms with Crippen molar-refractivity contribution in [1.82, 2.24) is 4.90 Å². The zero-order valence-electron chi connectivity index (χ0n) is 12.4. The summed E-state index contributed by atoms with van der Waals surface area (Å²) in [5, 5.41) is 0. The van der Waals surface area contributed by atoms with Crippen molar-refractivity contribution in [2.24, 2.45) is 11.7 Å². The summed E-state index contributed by atoms with van der Waals surface area (Å²) in [4.78, 5) is 2.60. The van der Waals surface area contributed by atoms with E-state index in [0.717, 1.165) is 25.4 Å². The van der Waals surface area contributed by atoms with E-state index >= 15 is 0 Å². The topological polar surface area (TPSA) is 29.3 Å². The summed E-state index contributed by atoms with van der Waals surface area (Å²) in [5.41, 5.74) is 8.85. The van der Waals surface area contributed by atoms with Gasteiger partial charge in [0.1, 0.15) is 0 Å². The molecule has 1 aromatic carbocycles. The normalized spacial score (nSPS) is 16.8. The van der Waals surface area contributed by atoms with E-state index in [-0.39, 0.29) is 0 Å². The molecule has 2 nitrogen and oxygen atoms in total. The molecule has 0 aliphatic heterocycles. The van der Waals surface area contributed by atoms with Crippen molar-refractivity contribution in [1.29, 1.82) is 0 Å². The highest BCUT2D eigenvalue weighted by molar-refractivity contribution is 5.25. The first-order valence-corrected chi connectivity index (χ1v) is 7.81. The lowest BCUT2D eigenvalue weighted by molar-refractivity contribution is 0.193. The van der Waals surface area contributed by atoms with Crippen molar-refractivity contribution in [2.45, 2.75) is 45.6 Å². The molecule has 2 heteroatoms. The van der Waals surface area contributed by atoms with Gasteiger partial charge in [0.2, 0.25) is 0 Å². The van der Waals surface area contributed by atoms with Crippen molar-refractivity contribution < 1.29 is 0 Å². The van der Waals surface area contributed by atoms with E-state index < -0.39 is 0 Å². The highest BCUT2D eigenvalue weighted by Crippen LogP contribution is 2.32. The molecule has 106 valence electrons. The minimum atomic E-state index is 0.395. The number of benzene rings is 1. The van der Waals surface area contributed by atoms with Crippen molar-refractivity contribution >= 4 is 0 Å². The highest BCUT2D eigenvalue weighted by atomic mass is 15.2. The summed E-state index contributed by atoms with van der Waals surface area (Å²) in [6, 6.07) is 9.43. The van der Waals surface area contributed by atoms with Crippen LogP contribution in [-0.2, 0) is 6.42 Å². The molecule has 1 saturated carbocycles. The molecular weight excluding hydrogens is 232 g/mol. The van der Waals surface area contributed by atoms with Gasteiger partial charge < -0.3 is 5.73 Å². The Morgan fingerprint density at radius 3 is 2.37 bits per heavy atom. The van der Waals surface area contributed by atoms with Crippen LogP contribution in [0.4, 0.5) is 0 Å². The van der Waals surface area contributed by atoms with Crippen LogP contribution in [0.3, 0.4) is 0 Å². The summed E-state index contributed by atoms with van der Waals surface area (Å²) >= 11 is 0. The molecular formula is C17H28N2. The molecule has 0 spiro atoms. The van der Waals surface area contributed by atoms with Crippen LogP contribution in [0.1, 0.15) is 50.3 Å². The zero-order chi connectivity index (χ0) is 13.7. The quantitative estimate of drug-likeness (QED) is 0.776. The molecule has 1 aromatic rings. The van der Waals surface area contributed by atoms with Gasteiger partial charge >= 0.3 is 0 Å². The fourth-order valence-corrected chi connectivity index (χ4v) is 2.77. The summed E-state index contributed by atoms with van der Waals surface area (Å²) in [6.45, 7) is 7.57. The Labute approximate surface area is 118 Å². The molecule has 1 aliphatic rings. The first-order valence-electron chi connectivity index (χ1n) is 7.81. The minimum absolute atomic E-state index is 0.395. The average Bonchev–Trinajstić information content (AvgIpc) is 3.24. The number of rotatable bonds is 8. The molecule has 0 saturated heterocycles. The van der Waals surface area contributed by atoms with Gasteiger partial charge in [-0.2, -0.15) is 0 Å². The first kappa shape index (κ1) is 14.5. The smallest absolute Gasteiger partial charge is 0.0470 e. The van der Waals surface area contributed by atoms with E-state index in [2.05, 4.69) is 43.0 Å². The lowest BCUT2D eigenvalue weighted by atomic mass is 10.0. The Hall–Kier alpha value is -0.860. The maximum Gasteiger partial charge on any atom is 0.0470 e. The fourth-order valence-electron chi connectivity index (χ4n) is 2.77. The molecule has 0 heterocycles. The van der Waals surface area contributed by atoms with Gasteiger partial charge in [-0.3, -0.25) is 4.90 Å². The van der Waals surface area contributed by atoms with E-state index in [1.54, 1.807) is 0 Å². The Bertz CT molecular complexity index is 367. The van der Waals surface area contributed by atoms with Gasteiger partial charge in [0, 0.05) is 19.1 Å². The van der Waals surface area contributed by atoms with Gasteiger partial charge in [-0.25, -0.2) is 0 Å². The summed E-state index contributed by atoms with van der Waals surface area (Å²) < 4.78 is 0. The first-order chi connectivity index (χ1) is 9.28. The molecule has 0 bridgehead atoms. The predicted octanol–water partition coefficient (Wildman–Crippen LogP) is 3.37. The fraction of sp³-hybridized carbons (Fsp3) is 0.647. The second-order valence-corrected chi connectivity index (χ2v) is 5.78. The summed E-state index contributed by atoms with van der Waals surface area (Å²) in [7, 11) is 0. The average molecular weight is 260 g/mol. The third kappa shape index (κ3) is 4.05. The van der Waals surface area contributed by atoms with Crippen LogP contribution in [0.5, 0.6) is 0 Å². The molecule has 0 amide bonds. The van der Waals surface area contributed by atoms with Gasteiger partial charge in [-0.05, 0) is 49.3 Å². The monoisotopic (exact) mass is 260 g/mol. The number of aryl methyl sites for hydroxylation is 1. The number of hydrogen-bond acceptors (Lipinski definition) is 2. The Morgan fingerprint density at radius 2 is 1.89 bits per heavy atom. The third-order valence-electron chi connectivity index (χ3n) is 4.14. The molecule has 1 unspecified atom stereocenters. The van der Waals surface area contributed by atoms with Crippen LogP contribution in [0.15, 0.2) is 24.3 Å². The molecule has 2 N–H and O–H groups in total. The van der Waals surface area contributed by atoms with Crippen LogP contribution in [0, 0.1) is 5.92 Å². The van der Waals surface area contributed by atoms with E-state index in [1.165, 1.54) is 36.9 Å². The van der Waals surface area contributed by atoms with Gasteiger partial charge in [-0.1, -0.05) is 38.1 Å². The van der Waals surface area contributed by atoms with Crippen LogP contribution in [0.2, 0.25) is 0 Å². The molecule has 0 aromatic heterocycles.